The molecule has 2 aromatic heterocycles. The highest BCUT2D eigenvalue weighted by Gasteiger charge is 2.16. The van der Waals surface area contributed by atoms with Crippen molar-refractivity contribution in [2.75, 3.05) is 11.9 Å². The van der Waals surface area contributed by atoms with Gasteiger partial charge in [-0.2, -0.15) is 8.75 Å². The summed E-state index contributed by atoms with van der Waals surface area (Å²) in [5.74, 6) is 0.774. The van der Waals surface area contributed by atoms with Gasteiger partial charge < -0.3 is 4.90 Å². The summed E-state index contributed by atoms with van der Waals surface area (Å²) in [4.78, 5) is 3.45. The number of hydrogen-bond acceptors (Lipinski definition) is 5. The highest BCUT2D eigenvalue weighted by molar-refractivity contribution is 7.09. The van der Waals surface area contributed by atoms with E-state index >= 15 is 0 Å². The molecule has 0 aliphatic rings. The van der Waals surface area contributed by atoms with Gasteiger partial charge in [-0.1, -0.05) is 17.7 Å². The van der Waals surface area contributed by atoms with E-state index in [9.17, 15) is 0 Å². The highest BCUT2D eigenvalue weighted by atomic mass is 35.5. The maximum Gasteiger partial charge on any atom is 0.187 e. The van der Waals surface area contributed by atoms with E-state index in [0.717, 1.165) is 24.0 Å². The molecule has 0 N–H and O–H groups in total. The monoisotopic (exact) mass is 273 g/mol. The van der Waals surface area contributed by atoms with Gasteiger partial charge >= 0.3 is 0 Å². The molecule has 0 saturated carbocycles. The molecule has 3 nitrogen and oxygen atoms in total. The molecule has 0 aliphatic carbocycles. The van der Waals surface area contributed by atoms with Gasteiger partial charge in [0, 0.05) is 24.4 Å². The third kappa shape index (κ3) is 2.53. The third-order valence-corrected chi connectivity index (χ3v) is 4.28. The molecule has 1 unspecified atom stereocenters. The SMILES string of the molecule is CC(Cc1cccs1)N(C)c1nsnc1Cl. The van der Waals surface area contributed by atoms with Gasteiger partial charge in [-0.3, -0.25) is 0 Å². The van der Waals surface area contributed by atoms with Crippen LogP contribution in [0.25, 0.3) is 0 Å². The zero-order valence-electron chi connectivity index (χ0n) is 9.05. The Morgan fingerprint density at radius 2 is 2.31 bits per heavy atom. The average molecular weight is 274 g/mol. The number of anilines is 1. The fraction of sp³-hybridized carbons (Fsp3) is 0.400. The summed E-state index contributed by atoms with van der Waals surface area (Å²) < 4.78 is 8.17. The van der Waals surface area contributed by atoms with Crippen LogP contribution in [0.1, 0.15) is 11.8 Å². The number of aromatic nitrogens is 2. The lowest BCUT2D eigenvalue weighted by Gasteiger charge is -2.24. The first-order chi connectivity index (χ1) is 7.68. The number of hydrogen-bond donors (Lipinski definition) is 0. The Labute approximate surface area is 108 Å². The van der Waals surface area contributed by atoms with E-state index in [1.54, 1.807) is 11.3 Å². The summed E-state index contributed by atoms with van der Waals surface area (Å²) in [6.45, 7) is 2.16. The smallest absolute Gasteiger partial charge is 0.187 e. The second-order valence-electron chi connectivity index (χ2n) is 3.62. The Balaban J connectivity index is 2.05. The van der Waals surface area contributed by atoms with Crippen LogP contribution >= 0.6 is 34.7 Å². The summed E-state index contributed by atoms with van der Waals surface area (Å²) in [5.41, 5.74) is 0. The Hall–Kier alpha value is -0.650. The number of likely N-dealkylation sites (N-methyl/N-ethyl adjacent to an activating group) is 1. The van der Waals surface area contributed by atoms with Crippen molar-refractivity contribution >= 4 is 40.5 Å². The zero-order chi connectivity index (χ0) is 11.5. The van der Waals surface area contributed by atoms with Crippen molar-refractivity contribution in [1.82, 2.24) is 8.75 Å². The maximum absolute atomic E-state index is 5.96. The van der Waals surface area contributed by atoms with Crippen LogP contribution in [-0.2, 0) is 6.42 Å². The molecular formula is C10H12ClN3S2. The maximum atomic E-state index is 5.96. The van der Waals surface area contributed by atoms with Gasteiger partial charge in [0.1, 0.15) is 0 Å². The van der Waals surface area contributed by atoms with Crippen molar-refractivity contribution in [3.8, 4) is 0 Å². The lowest BCUT2D eigenvalue weighted by atomic mass is 10.2. The predicted molar refractivity (Wildman–Crippen MR) is 70.8 cm³/mol. The first-order valence-corrected chi connectivity index (χ1v) is 6.90. The summed E-state index contributed by atoms with van der Waals surface area (Å²) in [6, 6.07) is 4.58. The van der Waals surface area contributed by atoms with Gasteiger partial charge in [0.2, 0.25) is 0 Å². The van der Waals surface area contributed by atoms with Gasteiger partial charge in [0.05, 0.1) is 11.7 Å². The molecule has 16 heavy (non-hydrogen) atoms. The van der Waals surface area contributed by atoms with Crippen molar-refractivity contribution in [2.24, 2.45) is 0 Å². The molecule has 2 rings (SSSR count). The van der Waals surface area contributed by atoms with Crippen LogP contribution in [0, 0.1) is 0 Å². The minimum atomic E-state index is 0.361. The molecule has 0 radical (unpaired) electrons. The number of rotatable bonds is 4. The number of nitrogens with zero attached hydrogens (tertiary/aromatic N) is 3. The molecule has 2 aromatic rings. The molecule has 0 amide bonds. The van der Waals surface area contributed by atoms with Gasteiger partial charge in [-0.15, -0.1) is 11.3 Å². The van der Waals surface area contributed by atoms with E-state index in [-0.39, 0.29) is 0 Å². The molecular weight excluding hydrogens is 262 g/mol. The number of thiophene rings is 1. The topological polar surface area (TPSA) is 29.0 Å². The Morgan fingerprint density at radius 3 is 2.88 bits per heavy atom. The third-order valence-electron chi connectivity index (χ3n) is 2.50. The lowest BCUT2D eigenvalue weighted by Crippen LogP contribution is -2.30. The molecule has 86 valence electrons. The van der Waals surface area contributed by atoms with E-state index < -0.39 is 0 Å². The minimum absolute atomic E-state index is 0.361. The molecule has 0 aromatic carbocycles. The largest absolute Gasteiger partial charge is 0.353 e. The second-order valence-corrected chi connectivity index (χ2v) is 5.54. The first-order valence-electron chi connectivity index (χ1n) is 4.91. The average Bonchev–Trinajstić information content (AvgIpc) is 2.88. The summed E-state index contributed by atoms with van der Waals surface area (Å²) in [5, 5.41) is 2.59. The van der Waals surface area contributed by atoms with Gasteiger partial charge in [-0.25, -0.2) is 0 Å². The van der Waals surface area contributed by atoms with Gasteiger partial charge in [0.25, 0.3) is 0 Å². The van der Waals surface area contributed by atoms with Gasteiger partial charge in [-0.05, 0) is 18.4 Å². The van der Waals surface area contributed by atoms with E-state index in [4.69, 9.17) is 11.6 Å². The Bertz CT molecular complexity index is 441. The predicted octanol–water partition coefficient (Wildman–Crippen LogP) is 3.32. The quantitative estimate of drug-likeness (QED) is 0.856. The highest BCUT2D eigenvalue weighted by Crippen LogP contribution is 2.24. The van der Waals surface area contributed by atoms with Crippen molar-refractivity contribution < 1.29 is 0 Å². The van der Waals surface area contributed by atoms with Crippen molar-refractivity contribution in [2.45, 2.75) is 19.4 Å². The van der Waals surface area contributed by atoms with Crippen LogP contribution in [0.2, 0.25) is 5.15 Å². The van der Waals surface area contributed by atoms with E-state index in [1.165, 1.54) is 4.88 Å². The van der Waals surface area contributed by atoms with Crippen LogP contribution < -0.4 is 4.90 Å². The van der Waals surface area contributed by atoms with Crippen LogP contribution in [0.15, 0.2) is 17.5 Å². The second kappa shape index (κ2) is 5.12. The molecule has 0 bridgehead atoms. The van der Waals surface area contributed by atoms with Crippen LogP contribution in [0.3, 0.4) is 0 Å². The van der Waals surface area contributed by atoms with E-state index in [1.807, 2.05) is 7.05 Å². The van der Waals surface area contributed by atoms with Gasteiger partial charge in [0.15, 0.2) is 11.0 Å². The molecule has 0 aliphatic heterocycles. The van der Waals surface area contributed by atoms with Crippen LogP contribution in [0.4, 0.5) is 5.82 Å². The molecule has 0 fully saturated rings. The first kappa shape index (κ1) is 11.8. The molecule has 0 spiro atoms. The Kier molecular flexibility index (Phi) is 3.78. The normalized spacial score (nSPS) is 12.7. The summed E-state index contributed by atoms with van der Waals surface area (Å²) in [7, 11) is 2.00. The van der Waals surface area contributed by atoms with E-state index in [0.29, 0.717) is 11.2 Å². The summed E-state index contributed by atoms with van der Waals surface area (Å²) >= 11 is 8.88. The van der Waals surface area contributed by atoms with E-state index in [2.05, 4.69) is 38.1 Å². The molecule has 2 heterocycles. The van der Waals surface area contributed by atoms with Crippen LogP contribution in [-0.4, -0.2) is 21.8 Å². The fourth-order valence-corrected chi connectivity index (χ4v) is 3.08. The fourth-order valence-electron chi connectivity index (χ4n) is 1.45. The number of halogens is 1. The molecule has 1 atom stereocenters. The van der Waals surface area contributed by atoms with Crippen molar-refractivity contribution in [1.29, 1.82) is 0 Å². The molecule has 6 heteroatoms. The van der Waals surface area contributed by atoms with Crippen molar-refractivity contribution in [3.63, 3.8) is 0 Å². The lowest BCUT2D eigenvalue weighted by molar-refractivity contribution is 0.683. The van der Waals surface area contributed by atoms with Crippen molar-refractivity contribution in [3.05, 3.63) is 27.5 Å². The molecule has 0 saturated heterocycles. The Morgan fingerprint density at radius 1 is 1.50 bits per heavy atom. The standard InChI is InChI=1S/C10H12ClN3S2/c1-7(6-8-4-3-5-15-8)14(2)10-9(11)12-16-13-10/h3-5,7H,6H2,1-2H3. The zero-order valence-corrected chi connectivity index (χ0v) is 11.4. The van der Waals surface area contributed by atoms with Crippen LogP contribution in [0.5, 0.6) is 0 Å². The minimum Gasteiger partial charge on any atom is -0.353 e. The summed E-state index contributed by atoms with van der Waals surface area (Å²) in [6.07, 6.45) is 1.00.